The summed E-state index contributed by atoms with van der Waals surface area (Å²) in [7, 11) is 0. The maximum Gasteiger partial charge on any atom is 0.342 e. The summed E-state index contributed by atoms with van der Waals surface area (Å²) in [5.74, 6) is -3.14. The van der Waals surface area contributed by atoms with Crippen molar-refractivity contribution in [2.45, 2.75) is 19.8 Å². The van der Waals surface area contributed by atoms with Gasteiger partial charge < -0.3 is 25.7 Å². The molecule has 5 N–H and O–H groups in total. The summed E-state index contributed by atoms with van der Waals surface area (Å²) in [6.45, 7) is 2.36. The van der Waals surface area contributed by atoms with Crippen molar-refractivity contribution < 1.29 is 24.5 Å². The van der Waals surface area contributed by atoms with E-state index in [0.717, 1.165) is 12.8 Å². The number of nitrogens with two attached hydrogens (primary N) is 1. The number of aromatic amines is 1. The van der Waals surface area contributed by atoms with Crippen LogP contribution in [-0.4, -0.2) is 33.7 Å². The molecule has 1 aromatic heterocycles. The van der Waals surface area contributed by atoms with Crippen LogP contribution in [0.2, 0.25) is 0 Å². The normalized spacial score (nSPS) is 10.4. The Morgan fingerprint density at radius 3 is 2.40 bits per heavy atom. The van der Waals surface area contributed by atoms with Gasteiger partial charge in [-0.1, -0.05) is 31.5 Å². The number of ether oxygens (including phenoxy) is 1. The first-order valence-electron chi connectivity index (χ1n) is 7.63. The zero-order valence-electron chi connectivity index (χ0n) is 13.5. The van der Waals surface area contributed by atoms with E-state index in [2.05, 4.69) is 4.98 Å². The number of rotatable bonds is 7. The zero-order chi connectivity index (χ0) is 18.6. The summed E-state index contributed by atoms with van der Waals surface area (Å²) in [5.41, 5.74) is 3.39. The number of benzene rings is 1. The van der Waals surface area contributed by atoms with Gasteiger partial charge in [0.05, 0.1) is 6.61 Å². The van der Waals surface area contributed by atoms with E-state index in [1.807, 2.05) is 6.92 Å². The van der Waals surface area contributed by atoms with Crippen molar-refractivity contribution in [1.29, 1.82) is 0 Å². The molecule has 1 aromatic carbocycles. The fourth-order valence-corrected chi connectivity index (χ4v) is 2.44. The van der Waals surface area contributed by atoms with Gasteiger partial charge in [0.1, 0.15) is 22.7 Å². The van der Waals surface area contributed by atoms with Crippen LogP contribution in [0.3, 0.4) is 0 Å². The van der Waals surface area contributed by atoms with Gasteiger partial charge in [-0.2, -0.15) is 0 Å². The summed E-state index contributed by atoms with van der Waals surface area (Å²) < 4.78 is 5.64. The molecule has 0 spiro atoms. The quantitative estimate of drug-likeness (QED) is 0.563. The first-order valence-corrected chi connectivity index (χ1v) is 7.63. The summed E-state index contributed by atoms with van der Waals surface area (Å²) in [4.78, 5) is 37.4. The van der Waals surface area contributed by atoms with Crippen LogP contribution in [0.1, 0.15) is 40.5 Å². The Labute approximate surface area is 142 Å². The summed E-state index contributed by atoms with van der Waals surface area (Å²) in [6.07, 6.45) is 1.66. The average Bonchev–Trinajstić information content (AvgIpc) is 2.54. The summed E-state index contributed by atoms with van der Waals surface area (Å²) >= 11 is 0. The molecule has 1 heterocycles. The van der Waals surface area contributed by atoms with Crippen LogP contribution < -0.4 is 16.0 Å². The Bertz CT molecular complexity index is 872. The zero-order valence-corrected chi connectivity index (χ0v) is 13.5. The predicted molar refractivity (Wildman–Crippen MR) is 91.2 cm³/mol. The molecule has 0 unspecified atom stereocenters. The molecule has 0 bridgehead atoms. The van der Waals surface area contributed by atoms with Crippen molar-refractivity contribution >= 4 is 17.8 Å². The van der Waals surface area contributed by atoms with Crippen LogP contribution in [0.15, 0.2) is 29.1 Å². The summed E-state index contributed by atoms with van der Waals surface area (Å²) in [6, 6.07) is 6.34. The lowest BCUT2D eigenvalue weighted by Crippen LogP contribution is -2.24. The van der Waals surface area contributed by atoms with Gasteiger partial charge >= 0.3 is 11.9 Å². The first kappa shape index (κ1) is 18.1. The van der Waals surface area contributed by atoms with Crippen molar-refractivity contribution in [1.82, 2.24) is 4.98 Å². The Kier molecular flexibility index (Phi) is 5.43. The van der Waals surface area contributed by atoms with Crippen LogP contribution in [-0.2, 0) is 0 Å². The van der Waals surface area contributed by atoms with Gasteiger partial charge in [0.15, 0.2) is 0 Å². The lowest BCUT2D eigenvalue weighted by molar-refractivity contribution is 0.0695. The molecule has 8 heteroatoms. The molecule has 0 fully saturated rings. The van der Waals surface area contributed by atoms with E-state index < -0.39 is 34.4 Å². The number of aromatic nitrogens is 1. The van der Waals surface area contributed by atoms with Gasteiger partial charge in [-0.3, -0.25) is 4.79 Å². The van der Waals surface area contributed by atoms with Crippen molar-refractivity contribution in [2.75, 3.05) is 12.3 Å². The third kappa shape index (κ3) is 3.63. The van der Waals surface area contributed by atoms with Crippen molar-refractivity contribution in [3.8, 4) is 16.9 Å². The van der Waals surface area contributed by atoms with Crippen molar-refractivity contribution in [3.63, 3.8) is 0 Å². The Morgan fingerprint density at radius 2 is 1.80 bits per heavy atom. The van der Waals surface area contributed by atoms with Crippen LogP contribution in [0.25, 0.3) is 11.1 Å². The second-order valence-corrected chi connectivity index (χ2v) is 5.30. The number of hydrogen-bond acceptors (Lipinski definition) is 5. The van der Waals surface area contributed by atoms with Gasteiger partial charge in [-0.15, -0.1) is 0 Å². The third-order valence-electron chi connectivity index (χ3n) is 3.58. The lowest BCUT2D eigenvalue weighted by Gasteiger charge is -2.16. The minimum Gasteiger partial charge on any atom is -0.493 e. The standard InChI is InChI=1S/C17H18N2O6/c1-2-3-8-25-10-7-5-4-6-9(10)11-12(16(21)22)14(18)19-15(20)13(11)17(23)24/h4-7H,2-3,8H2,1H3,(H,21,22)(H,23,24)(H3,18,19,20). The minimum atomic E-state index is -1.55. The number of carboxylic acids is 2. The Hall–Kier alpha value is -3.29. The maximum atomic E-state index is 12.1. The Morgan fingerprint density at radius 1 is 1.16 bits per heavy atom. The molecule has 2 rings (SSSR count). The van der Waals surface area contributed by atoms with E-state index in [1.165, 1.54) is 6.07 Å². The van der Waals surface area contributed by atoms with E-state index in [4.69, 9.17) is 10.5 Å². The smallest absolute Gasteiger partial charge is 0.342 e. The van der Waals surface area contributed by atoms with Gasteiger partial charge in [-0.25, -0.2) is 9.59 Å². The number of H-pyrrole nitrogens is 1. The molecule has 2 aromatic rings. The number of para-hydroxylation sites is 1. The molecule has 0 amide bonds. The van der Waals surface area contributed by atoms with E-state index >= 15 is 0 Å². The van der Waals surface area contributed by atoms with Gasteiger partial charge in [-0.05, 0) is 12.5 Å². The lowest BCUT2D eigenvalue weighted by atomic mass is 9.94. The highest BCUT2D eigenvalue weighted by atomic mass is 16.5. The number of carboxylic acid groups (broad SMARTS) is 2. The van der Waals surface area contributed by atoms with Crippen LogP contribution in [0.4, 0.5) is 5.82 Å². The van der Waals surface area contributed by atoms with Gasteiger partial charge in [0.2, 0.25) is 0 Å². The van der Waals surface area contributed by atoms with E-state index in [-0.39, 0.29) is 16.9 Å². The molecule has 0 atom stereocenters. The highest BCUT2D eigenvalue weighted by Crippen LogP contribution is 2.35. The number of carbonyl (C=O) groups is 2. The van der Waals surface area contributed by atoms with E-state index in [1.54, 1.807) is 18.2 Å². The number of anilines is 1. The monoisotopic (exact) mass is 346 g/mol. The van der Waals surface area contributed by atoms with Crippen molar-refractivity contribution in [2.24, 2.45) is 0 Å². The van der Waals surface area contributed by atoms with Gasteiger partial charge in [0, 0.05) is 11.1 Å². The van der Waals surface area contributed by atoms with Crippen molar-refractivity contribution in [3.05, 3.63) is 45.7 Å². The van der Waals surface area contributed by atoms with Crippen LogP contribution in [0, 0.1) is 0 Å². The van der Waals surface area contributed by atoms with E-state index in [0.29, 0.717) is 6.61 Å². The number of aromatic carboxylic acids is 2. The van der Waals surface area contributed by atoms with E-state index in [9.17, 15) is 24.6 Å². The Balaban J connectivity index is 2.80. The molecule has 0 aliphatic rings. The molecule has 0 saturated heterocycles. The minimum absolute atomic E-state index is 0.186. The maximum absolute atomic E-state index is 12.1. The second kappa shape index (κ2) is 7.52. The highest BCUT2D eigenvalue weighted by molar-refractivity contribution is 6.08. The number of pyridine rings is 1. The first-order chi connectivity index (χ1) is 11.9. The largest absolute Gasteiger partial charge is 0.493 e. The number of nitrogens with one attached hydrogen (secondary N) is 1. The molecule has 0 radical (unpaired) electrons. The summed E-state index contributed by atoms with van der Waals surface area (Å²) in [5, 5.41) is 18.9. The number of hydrogen-bond donors (Lipinski definition) is 4. The predicted octanol–water partition coefficient (Wildman–Crippen LogP) is 2.20. The molecule has 0 aliphatic carbocycles. The molecule has 25 heavy (non-hydrogen) atoms. The molecule has 132 valence electrons. The molecular weight excluding hydrogens is 328 g/mol. The molecule has 0 aliphatic heterocycles. The number of nitrogen functional groups attached to an aromatic ring is 1. The topological polar surface area (TPSA) is 143 Å². The van der Waals surface area contributed by atoms with Crippen LogP contribution >= 0.6 is 0 Å². The number of unbranched alkanes of at least 4 members (excludes halogenated alkanes) is 1. The SMILES string of the molecule is CCCCOc1ccccc1-c1c(C(=O)O)c(N)[nH]c(=O)c1C(=O)O. The fraction of sp³-hybridized carbons (Fsp3) is 0.235. The van der Waals surface area contributed by atoms with Crippen LogP contribution in [0.5, 0.6) is 5.75 Å². The third-order valence-corrected chi connectivity index (χ3v) is 3.58. The fourth-order valence-electron chi connectivity index (χ4n) is 2.44. The molecular formula is C17H18N2O6. The van der Waals surface area contributed by atoms with Gasteiger partial charge in [0.25, 0.3) is 5.56 Å². The molecule has 8 nitrogen and oxygen atoms in total. The second-order valence-electron chi connectivity index (χ2n) is 5.30. The highest BCUT2D eigenvalue weighted by Gasteiger charge is 2.28. The average molecular weight is 346 g/mol. The molecule has 0 saturated carbocycles.